The first kappa shape index (κ1) is 19.3. The molecule has 1 aromatic rings. The summed E-state index contributed by atoms with van der Waals surface area (Å²) in [6.07, 6.45) is 3.77. The van der Waals surface area contributed by atoms with Gasteiger partial charge in [-0.05, 0) is 38.1 Å². The smallest absolute Gasteiger partial charge is 0.273 e. The van der Waals surface area contributed by atoms with Gasteiger partial charge >= 0.3 is 0 Å². The normalized spacial score (nSPS) is 22.4. The average Bonchev–Trinajstić information content (AvgIpc) is 3.21. The van der Waals surface area contributed by atoms with E-state index in [0.29, 0.717) is 25.2 Å². The lowest BCUT2D eigenvalue weighted by Gasteiger charge is -2.33. The lowest BCUT2D eigenvalue weighted by Crippen LogP contribution is -2.47. The quantitative estimate of drug-likeness (QED) is 0.576. The van der Waals surface area contributed by atoms with Gasteiger partial charge in [0.2, 0.25) is 11.8 Å². The number of likely N-dealkylation sites (tertiary alicyclic amines) is 1. The number of para-hydroxylation sites is 1. The maximum atomic E-state index is 12.6. The van der Waals surface area contributed by atoms with Crippen molar-refractivity contribution in [1.82, 2.24) is 15.5 Å². The van der Waals surface area contributed by atoms with Crippen LogP contribution in [0.3, 0.4) is 0 Å². The summed E-state index contributed by atoms with van der Waals surface area (Å²) in [6, 6.07) is 6.28. The molecule has 8 nitrogen and oxygen atoms in total. The van der Waals surface area contributed by atoms with Crippen molar-refractivity contribution in [3.63, 3.8) is 0 Å². The Morgan fingerprint density at radius 2 is 2.07 bits per heavy atom. The van der Waals surface area contributed by atoms with Gasteiger partial charge in [-0.15, -0.1) is 0 Å². The van der Waals surface area contributed by atoms with Gasteiger partial charge < -0.3 is 15.5 Å². The SMILES string of the molecule is O=C(NCC1CCCN(C(=O)Cc2ccccc2[N+](=O)[O-])C1)C1CCCN1. The van der Waals surface area contributed by atoms with Crippen molar-refractivity contribution in [1.29, 1.82) is 0 Å². The zero-order valence-corrected chi connectivity index (χ0v) is 15.4. The Bertz CT molecular complexity index is 703. The molecule has 2 amide bonds. The van der Waals surface area contributed by atoms with Crippen LogP contribution in [0.15, 0.2) is 24.3 Å². The lowest BCUT2D eigenvalue weighted by atomic mass is 9.97. The van der Waals surface area contributed by atoms with Gasteiger partial charge in [-0.2, -0.15) is 0 Å². The summed E-state index contributed by atoms with van der Waals surface area (Å²) in [7, 11) is 0. The predicted molar refractivity (Wildman–Crippen MR) is 100 cm³/mol. The molecule has 0 bridgehead atoms. The molecule has 0 spiro atoms. The number of piperidine rings is 1. The minimum absolute atomic E-state index is 0.0178. The second-order valence-electron chi connectivity index (χ2n) is 7.30. The molecule has 146 valence electrons. The van der Waals surface area contributed by atoms with E-state index in [4.69, 9.17) is 0 Å². The van der Waals surface area contributed by atoms with E-state index in [0.717, 1.165) is 32.2 Å². The molecule has 3 rings (SSSR count). The Morgan fingerprint density at radius 3 is 2.81 bits per heavy atom. The Morgan fingerprint density at radius 1 is 1.26 bits per heavy atom. The minimum atomic E-state index is -0.450. The summed E-state index contributed by atoms with van der Waals surface area (Å²) < 4.78 is 0. The number of rotatable bonds is 6. The second kappa shape index (κ2) is 8.94. The van der Waals surface area contributed by atoms with Crippen LogP contribution < -0.4 is 10.6 Å². The van der Waals surface area contributed by atoms with Crippen LogP contribution in [0.1, 0.15) is 31.2 Å². The van der Waals surface area contributed by atoms with Gasteiger partial charge in [0.25, 0.3) is 5.69 Å². The number of carbonyl (C=O) groups is 2. The summed E-state index contributed by atoms with van der Waals surface area (Å²) >= 11 is 0. The molecule has 0 aromatic heterocycles. The van der Waals surface area contributed by atoms with E-state index in [1.165, 1.54) is 6.07 Å². The summed E-state index contributed by atoms with van der Waals surface area (Å²) in [5.41, 5.74) is 0.422. The van der Waals surface area contributed by atoms with Crippen LogP contribution in [-0.2, 0) is 16.0 Å². The van der Waals surface area contributed by atoms with Gasteiger partial charge in [0.1, 0.15) is 0 Å². The van der Waals surface area contributed by atoms with Crippen molar-refractivity contribution in [2.75, 3.05) is 26.2 Å². The molecule has 0 radical (unpaired) electrons. The highest BCUT2D eigenvalue weighted by Crippen LogP contribution is 2.21. The first-order valence-corrected chi connectivity index (χ1v) is 9.55. The number of nitrogens with zero attached hydrogens (tertiary/aromatic N) is 2. The standard InChI is InChI=1S/C19H26N4O4/c24-18(11-15-6-1-2-8-17(15)23(26)27)22-10-4-5-14(13-22)12-21-19(25)16-7-3-9-20-16/h1-2,6,8,14,16,20H,3-5,7,9-13H2,(H,21,25). The van der Waals surface area contributed by atoms with Crippen LogP contribution in [-0.4, -0.2) is 53.9 Å². The van der Waals surface area contributed by atoms with Crippen molar-refractivity contribution in [3.8, 4) is 0 Å². The highest BCUT2D eigenvalue weighted by Gasteiger charge is 2.27. The molecule has 0 aliphatic carbocycles. The first-order chi connectivity index (χ1) is 13.0. The molecule has 2 atom stereocenters. The number of nitro benzene ring substituents is 1. The van der Waals surface area contributed by atoms with Crippen LogP contribution in [0.25, 0.3) is 0 Å². The maximum Gasteiger partial charge on any atom is 0.273 e. The van der Waals surface area contributed by atoms with Crippen molar-refractivity contribution in [2.45, 2.75) is 38.1 Å². The second-order valence-corrected chi connectivity index (χ2v) is 7.30. The van der Waals surface area contributed by atoms with Crippen LogP contribution in [0.5, 0.6) is 0 Å². The summed E-state index contributed by atoms with van der Waals surface area (Å²) in [6.45, 7) is 2.69. The van der Waals surface area contributed by atoms with E-state index in [1.54, 1.807) is 23.1 Å². The molecule has 2 aliphatic heterocycles. The fourth-order valence-corrected chi connectivity index (χ4v) is 3.85. The number of carbonyl (C=O) groups excluding carboxylic acids is 2. The molecule has 2 heterocycles. The zero-order valence-electron chi connectivity index (χ0n) is 15.4. The third-order valence-corrected chi connectivity index (χ3v) is 5.34. The van der Waals surface area contributed by atoms with E-state index in [1.807, 2.05) is 0 Å². The molecular weight excluding hydrogens is 348 g/mol. The molecule has 8 heteroatoms. The van der Waals surface area contributed by atoms with Gasteiger partial charge in [-0.1, -0.05) is 18.2 Å². The molecular formula is C19H26N4O4. The highest BCUT2D eigenvalue weighted by atomic mass is 16.6. The van der Waals surface area contributed by atoms with Crippen molar-refractivity contribution in [2.24, 2.45) is 5.92 Å². The van der Waals surface area contributed by atoms with Crippen LogP contribution in [0, 0.1) is 16.0 Å². The van der Waals surface area contributed by atoms with Crippen LogP contribution in [0.4, 0.5) is 5.69 Å². The molecule has 2 aliphatic rings. The largest absolute Gasteiger partial charge is 0.354 e. The molecule has 2 N–H and O–H groups in total. The molecule has 27 heavy (non-hydrogen) atoms. The maximum absolute atomic E-state index is 12.6. The molecule has 2 saturated heterocycles. The lowest BCUT2D eigenvalue weighted by molar-refractivity contribution is -0.385. The topological polar surface area (TPSA) is 105 Å². The zero-order chi connectivity index (χ0) is 19.2. The number of benzene rings is 1. The third-order valence-electron chi connectivity index (χ3n) is 5.34. The van der Waals surface area contributed by atoms with Crippen LogP contribution >= 0.6 is 0 Å². The fraction of sp³-hybridized carbons (Fsp3) is 0.579. The van der Waals surface area contributed by atoms with Crippen molar-refractivity contribution < 1.29 is 14.5 Å². The van der Waals surface area contributed by atoms with Gasteiger partial charge in [0, 0.05) is 31.3 Å². The molecule has 2 fully saturated rings. The van der Waals surface area contributed by atoms with E-state index < -0.39 is 4.92 Å². The summed E-state index contributed by atoms with van der Waals surface area (Å²) in [5, 5.41) is 17.3. The van der Waals surface area contributed by atoms with Crippen molar-refractivity contribution in [3.05, 3.63) is 39.9 Å². The Balaban J connectivity index is 1.52. The Kier molecular flexibility index (Phi) is 6.39. The van der Waals surface area contributed by atoms with E-state index in [2.05, 4.69) is 10.6 Å². The van der Waals surface area contributed by atoms with Gasteiger partial charge in [-0.3, -0.25) is 19.7 Å². The summed E-state index contributed by atoms with van der Waals surface area (Å²) in [5.74, 6) is 0.160. The summed E-state index contributed by atoms with van der Waals surface area (Å²) in [4.78, 5) is 37.2. The van der Waals surface area contributed by atoms with Gasteiger partial charge in [-0.25, -0.2) is 0 Å². The van der Waals surface area contributed by atoms with Crippen molar-refractivity contribution >= 4 is 17.5 Å². The first-order valence-electron chi connectivity index (χ1n) is 9.55. The van der Waals surface area contributed by atoms with Gasteiger partial charge in [0.15, 0.2) is 0 Å². The molecule has 2 unspecified atom stereocenters. The monoisotopic (exact) mass is 374 g/mol. The molecule has 0 saturated carbocycles. The predicted octanol–water partition coefficient (Wildman–Crippen LogP) is 1.24. The number of nitro groups is 1. The van der Waals surface area contributed by atoms with E-state index in [9.17, 15) is 19.7 Å². The number of nitrogens with one attached hydrogen (secondary N) is 2. The van der Waals surface area contributed by atoms with E-state index in [-0.39, 0.29) is 35.9 Å². The van der Waals surface area contributed by atoms with E-state index >= 15 is 0 Å². The molecule has 1 aromatic carbocycles. The third kappa shape index (κ3) is 5.03. The Labute approximate surface area is 158 Å². The fourth-order valence-electron chi connectivity index (χ4n) is 3.85. The highest BCUT2D eigenvalue weighted by molar-refractivity contribution is 5.82. The number of hydrogen-bond donors (Lipinski definition) is 2. The van der Waals surface area contributed by atoms with Crippen LogP contribution in [0.2, 0.25) is 0 Å². The number of hydrogen-bond acceptors (Lipinski definition) is 5. The average molecular weight is 374 g/mol. The number of amides is 2. The minimum Gasteiger partial charge on any atom is -0.354 e. The van der Waals surface area contributed by atoms with Gasteiger partial charge in [0.05, 0.1) is 17.4 Å². The Hall–Kier alpha value is -2.48.